The molecule has 0 saturated carbocycles. The van der Waals surface area contributed by atoms with Crippen LogP contribution in [-0.4, -0.2) is 116 Å². The van der Waals surface area contributed by atoms with Crippen LogP contribution in [0.5, 0.6) is 0 Å². The van der Waals surface area contributed by atoms with Crippen LogP contribution in [0.4, 0.5) is 4.79 Å². The summed E-state index contributed by atoms with van der Waals surface area (Å²) >= 11 is 0. The van der Waals surface area contributed by atoms with Crippen LogP contribution < -0.4 is 5.32 Å². The summed E-state index contributed by atoms with van der Waals surface area (Å²) in [4.78, 5) is 13.0. The van der Waals surface area contributed by atoms with E-state index in [0.717, 1.165) is 0 Å². The number of aliphatic hydroxyl groups excluding tert-OH is 2. The molecular formula is C32H55NO12Si. The van der Waals surface area contributed by atoms with Gasteiger partial charge in [0.05, 0.1) is 24.6 Å². The van der Waals surface area contributed by atoms with E-state index in [2.05, 4.69) is 45.8 Å². The van der Waals surface area contributed by atoms with Gasteiger partial charge in [-0.25, -0.2) is 4.79 Å². The fraction of sp³-hybridized carbons (Fsp3) is 0.844. The summed E-state index contributed by atoms with van der Waals surface area (Å²) in [6.07, 6.45) is -6.22. The summed E-state index contributed by atoms with van der Waals surface area (Å²) in [7, 11) is -2.24. The van der Waals surface area contributed by atoms with E-state index in [1.165, 1.54) is 6.08 Å². The molecule has 0 unspecified atom stereocenters. The summed E-state index contributed by atoms with van der Waals surface area (Å²) in [6, 6.07) is 0. The highest BCUT2D eigenvalue weighted by Crippen LogP contribution is 2.42. The van der Waals surface area contributed by atoms with Crippen LogP contribution in [0.25, 0.3) is 0 Å². The lowest BCUT2D eigenvalue weighted by molar-refractivity contribution is -0.352. The first-order valence-electron chi connectivity index (χ1n) is 16.1. The molecule has 0 spiro atoms. The van der Waals surface area contributed by atoms with Gasteiger partial charge in [0.25, 0.3) is 0 Å². The van der Waals surface area contributed by atoms with Gasteiger partial charge in [-0.1, -0.05) is 33.4 Å². The Hall–Kier alpha value is -1.59. The smallest absolute Gasteiger partial charge is 0.408 e. The molecule has 3 fully saturated rings. The first kappa shape index (κ1) is 37.2. The second-order valence-electron chi connectivity index (χ2n) is 14.9. The molecular weight excluding hydrogens is 618 g/mol. The molecule has 1 amide bonds. The zero-order valence-corrected chi connectivity index (χ0v) is 30.1. The molecule has 0 aromatic carbocycles. The van der Waals surface area contributed by atoms with Crippen LogP contribution in [0.3, 0.4) is 0 Å². The van der Waals surface area contributed by atoms with Gasteiger partial charge < -0.3 is 57.9 Å². The maximum absolute atomic E-state index is 13.0. The predicted octanol–water partition coefficient (Wildman–Crippen LogP) is 3.48. The van der Waals surface area contributed by atoms with Crippen molar-refractivity contribution in [1.29, 1.82) is 0 Å². The lowest BCUT2D eigenvalue weighted by Gasteiger charge is -2.53. The molecule has 46 heavy (non-hydrogen) atoms. The Morgan fingerprint density at radius 3 is 2.26 bits per heavy atom. The molecule has 4 aliphatic rings. The highest BCUT2D eigenvalue weighted by atomic mass is 28.4. The number of hydrogen-bond acceptors (Lipinski definition) is 12. The summed E-state index contributed by atoms with van der Waals surface area (Å²) in [6.45, 7) is 24.8. The van der Waals surface area contributed by atoms with Crippen LogP contribution in [0.1, 0.15) is 62.3 Å². The van der Waals surface area contributed by atoms with Crippen molar-refractivity contribution in [2.24, 2.45) is 0 Å². The van der Waals surface area contributed by atoms with Gasteiger partial charge in [-0.3, -0.25) is 0 Å². The Morgan fingerprint density at radius 1 is 1.00 bits per heavy atom. The van der Waals surface area contributed by atoms with Crippen molar-refractivity contribution in [1.82, 2.24) is 5.32 Å². The monoisotopic (exact) mass is 673 g/mol. The van der Waals surface area contributed by atoms with Crippen LogP contribution in [0.2, 0.25) is 18.1 Å². The van der Waals surface area contributed by atoms with Gasteiger partial charge in [0, 0.05) is 0 Å². The average molecular weight is 674 g/mol. The van der Waals surface area contributed by atoms with E-state index in [9.17, 15) is 15.0 Å². The van der Waals surface area contributed by atoms with E-state index in [0.29, 0.717) is 0 Å². The highest BCUT2D eigenvalue weighted by molar-refractivity contribution is 6.74. The van der Waals surface area contributed by atoms with Crippen LogP contribution >= 0.6 is 0 Å². The maximum Gasteiger partial charge on any atom is 0.408 e. The third-order valence-corrected chi connectivity index (χ3v) is 14.2. The largest absolute Gasteiger partial charge is 0.496 e. The predicted molar refractivity (Wildman–Crippen MR) is 169 cm³/mol. The fourth-order valence-corrected chi connectivity index (χ4v) is 7.33. The SMILES string of the molecule is C=CCOC(=O)N[C@@]1(C)[C@@H](O)[C@@H](O[C@H]2[C@@H](O[Si](C)(C)C(C)(C)C)C=CO[C@@H]2C)O[C@@H](C)[C@@H]1O[C@H]1O[C@@H](C)[C@H]2OC(C)(C)O[C@H]2[C@@H]1O. The van der Waals surface area contributed by atoms with E-state index in [-0.39, 0.29) is 11.6 Å². The number of carbonyl (C=O) groups is 1. The van der Waals surface area contributed by atoms with Gasteiger partial charge in [0.1, 0.15) is 54.9 Å². The zero-order chi connectivity index (χ0) is 34.4. The summed E-state index contributed by atoms with van der Waals surface area (Å²) in [5.74, 6) is -0.920. The Bertz CT molecular complexity index is 1110. The van der Waals surface area contributed by atoms with Crippen molar-refractivity contribution in [2.45, 2.75) is 165 Å². The Balaban J connectivity index is 1.59. The minimum Gasteiger partial charge on any atom is -0.496 e. The standard InChI is InChI=1S/C32H55NO12Si/c1-13-15-38-29(36)33-32(10)25(35)28(41-22-17(2)37-16-14-20(22)45-46(11,12)30(5,6)7)40-19(4)26(32)42-27-21(34)24-23(18(3)39-27)43-31(8,9)44-24/h13-14,16-28,34-35H,1,15H2,2-12H3,(H,33,36)/t17-,18+,19+,20+,21+,22-,23-,24+,25+,26+,27-,28-,32+/m1/s1. The lowest BCUT2D eigenvalue weighted by atomic mass is 9.82. The number of carbonyl (C=O) groups excluding carboxylic acids is 1. The Labute approximate surface area is 273 Å². The molecule has 4 rings (SSSR count). The van der Waals surface area contributed by atoms with Gasteiger partial charge in [-0.15, -0.1) is 0 Å². The van der Waals surface area contributed by atoms with Gasteiger partial charge in [0.2, 0.25) is 0 Å². The fourth-order valence-electron chi connectivity index (χ4n) is 6.08. The molecule has 13 atom stereocenters. The maximum atomic E-state index is 13.0. The van der Waals surface area contributed by atoms with Gasteiger partial charge in [0.15, 0.2) is 26.7 Å². The molecule has 13 nitrogen and oxygen atoms in total. The summed E-state index contributed by atoms with van der Waals surface area (Å²) in [5, 5.41) is 25.9. The molecule has 14 heteroatoms. The normalized spacial score (nSPS) is 42.5. The lowest BCUT2D eigenvalue weighted by Crippen LogP contribution is -2.74. The minimum atomic E-state index is -2.24. The van der Waals surface area contributed by atoms with E-state index >= 15 is 0 Å². The highest BCUT2D eigenvalue weighted by Gasteiger charge is 2.60. The molecule has 0 aliphatic carbocycles. The van der Waals surface area contributed by atoms with Gasteiger partial charge in [-0.05, 0) is 65.8 Å². The van der Waals surface area contributed by atoms with E-state index < -0.39 is 99.4 Å². The third-order valence-electron chi connectivity index (χ3n) is 9.69. The molecule has 3 saturated heterocycles. The van der Waals surface area contributed by atoms with E-state index in [1.807, 2.05) is 13.0 Å². The molecule has 0 aromatic heterocycles. The van der Waals surface area contributed by atoms with Crippen LogP contribution in [0.15, 0.2) is 25.0 Å². The molecule has 0 aromatic rings. The summed E-state index contributed by atoms with van der Waals surface area (Å²) in [5.41, 5.74) is -1.56. The second kappa shape index (κ2) is 13.7. The molecule has 0 radical (unpaired) electrons. The van der Waals surface area contributed by atoms with Crippen molar-refractivity contribution >= 4 is 14.4 Å². The number of fused-ring (bicyclic) bond motifs is 1. The third kappa shape index (κ3) is 7.66. The van der Waals surface area contributed by atoms with Crippen molar-refractivity contribution in [2.75, 3.05) is 6.61 Å². The number of amides is 1. The van der Waals surface area contributed by atoms with Crippen molar-refractivity contribution in [3.05, 3.63) is 25.0 Å². The van der Waals surface area contributed by atoms with Gasteiger partial charge >= 0.3 is 6.09 Å². The topological polar surface area (TPSA) is 153 Å². The van der Waals surface area contributed by atoms with Gasteiger partial charge in [-0.2, -0.15) is 0 Å². The number of rotatable bonds is 9. The Kier molecular flexibility index (Phi) is 11.1. The van der Waals surface area contributed by atoms with Crippen molar-refractivity contribution < 1.29 is 57.3 Å². The number of nitrogens with one attached hydrogen (secondary N) is 1. The zero-order valence-electron chi connectivity index (χ0n) is 29.1. The van der Waals surface area contributed by atoms with Crippen LogP contribution in [-0.2, 0) is 42.3 Å². The average Bonchev–Trinajstić information content (AvgIpc) is 3.28. The minimum absolute atomic E-state index is 0.0522. The number of hydrogen-bond donors (Lipinski definition) is 3. The molecule has 264 valence electrons. The van der Waals surface area contributed by atoms with E-state index in [4.69, 9.17) is 42.3 Å². The van der Waals surface area contributed by atoms with Crippen molar-refractivity contribution in [3.8, 4) is 0 Å². The number of alkyl carbamates (subject to hydrolysis) is 1. The summed E-state index contributed by atoms with van der Waals surface area (Å²) < 4.78 is 54.8. The van der Waals surface area contributed by atoms with Crippen molar-refractivity contribution in [3.63, 3.8) is 0 Å². The molecule has 0 bridgehead atoms. The second-order valence-corrected chi connectivity index (χ2v) is 19.6. The van der Waals surface area contributed by atoms with Crippen LogP contribution in [0, 0.1) is 0 Å². The number of aliphatic hydroxyl groups is 2. The molecule has 4 aliphatic heterocycles. The quantitative estimate of drug-likeness (QED) is 0.243. The molecule has 3 N–H and O–H groups in total. The first-order chi connectivity index (χ1) is 21.2. The Morgan fingerprint density at radius 2 is 1.63 bits per heavy atom. The first-order valence-corrected chi connectivity index (χ1v) is 19.0. The number of ether oxygens (including phenoxy) is 8. The van der Waals surface area contributed by atoms with E-state index in [1.54, 1.807) is 40.9 Å². The molecule has 4 heterocycles.